The molecule has 0 saturated carbocycles. The molecule has 1 aliphatic rings. The molecule has 0 aliphatic carbocycles. The Hall–Kier alpha value is -2.73. The van der Waals surface area contributed by atoms with Crippen LogP contribution in [0.5, 0.6) is 11.5 Å². The summed E-state index contributed by atoms with van der Waals surface area (Å²) in [5.74, 6) is 0.552. The highest BCUT2D eigenvalue weighted by atomic mass is 16.5. The topological polar surface area (TPSA) is 57.9 Å². The van der Waals surface area contributed by atoms with Crippen LogP contribution in [0.2, 0.25) is 0 Å². The van der Waals surface area contributed by atoms with E-state index in [0.717, 1.165) is 37.4 Å². The van der Waals surface area contributed by atoms with Crippen molar-refractivity contribution >= 4 is 27.5 Å². The predicted molar refractivity (Wildman–Crippen MR) is 105 cm³/mol. The molecule has 26 heavy (non-hydrogen) atoms. The van der Waals surface area contributed by atoms with Gasteiger partial charge in [-0.15, -0.1) is 0 Å². The van der Waals surface area contributed by atoms with Gasteiger partial charge in [-0.3, -0.25) is 4.79 Å². The standard InChI is InChI=1S/C20H23N3O3/c1-21-8-10-23(11-9-21)13-4-5-14-15(12-13)22(2)19-17(26-3)7-6-16(24)18(19)20(14)25/h4-7,12,24H,8-11H2,1-3H3. The van der Waals surface area contributed by atoms with Crippen LogP contribution in [0.3, 0.4) is 0 Å². The van der Waals surface area contributed by atoms with Gasteiger partial charge in [0.2, 0.25) is 5.43 Å². The molecule has 2 heterocycles. The molecule has 1 fully saturated rings. The lowest BCUT2D eigenvalue weighted by molar-refractivity contribution is 0.313. The minimum Gasteiger partial charge on any atom is -0.507 e. The SMILES string of the molecule is COc1ccc(O)c2c(=O)c3ccc(N4CCN(C)CC4)cc3n(C)c12. The first-order valence-corrected chi connectivity index (χ1v) is 8.77. The number of methoxy groups -OCH3 is 1. The number of benzene rings is 2. The van der Waals surface area contributed by atoms with Crippen LogP contribution in [0, 0.1) is 0 Å². The number of likely N-dealkylation sites (N-methyl/N-ethyl adjacent to an activating group) is 1. The molecule has 4 rings (SSSR count). The van der Waals surface area contributed by atoms with Gasteiger partial charge in [-0.1, -0.05) is 0 Å². The summed E-state index contributed by atoms with van der Waals surface area (Å²) in [6.07, 6.45) is 0. The fourth-order valence-corrected chi connectivity index (χ4v) is 3.79. The summed E-state index contributed by atoms with van der Waals surface area (Å²) in [6, 6.07) is 9.12. The number of phenols is 1. The van der Waals surface area contributed by atoms with Crippen molar-refractivity contribution in [3.8, 4) is 11.5 Å². The van der Waals surface area contributed by atoms with E-state index in [2.05, 4.69) is 22.9 Å². The Morgan fingerprint density at radius 3 is 2.46 bits per heavy atom. The van der Waals surface area contributed by atoms with Gasteiger partial charge in [0.15, 0.2) is 0 Å². The Morgan fingerprint density at radius 1 is 1.04 bits per heavy atom. The summed E-state index contributed by atoms with van der Waals surface area (Å²) in [7, 11) is 5.60. The van der Waals surface area contributed by atoms with E-state index < -0.39 is 0 Å². The van der Waals surface area contributed by atoms with Crippen molar-refractivity contribution in [2.45, 2.75) is 0 Å². The van der Waals surface area contributed by atoms with Crippen molar-refractivity contribution in [3.63, 3.8) is 0 Å². The van der Waals surface area contributed by atoms with Gasteiger partial charge >= 0.3 is 0 Å². The van der Waals surface area contributed by atoms with E-state index in [-0.39, 0.29) is 11.2 Å². The van der Waals surface area contributed by atoms with Gasteiger partial charge in [0.05, 0.1) is 23.5 Å². The third-order valence-electron chi connectivity index (χ3n) is 5.36. The number of pyridine rings is 1. The molecule has 6 heteroatoms. The molecule has 1 aromatic heterocycles. The normalized spacial score (nSPS) is 15.7. The number of hydrogen-bond donors (Lipinski definition) is 1. The maximum atomic E-state index is 13.0. The van der Waals surface area contributed by atoms with Crippen LogP contribution in [0.4, 0.5) is 5.69 Å². The lowest BCUT2D eigenvalue weighted by Crippen LogP contribution is -2.44. The first kappa shape index (κ1) is 16.7. The maximum Gasteiger partial charge on any atom is 0.201 e. The molecular formula is C20H23N3O3. The zero-order chi connectivity index (χ0) is 18.4. The Labute approximate surface area is 151 Å². The Balaban J connectivity index is 1.97. The van der Waals surface area contributed by atoms with Crippen molar-refractivity contribution in [3.05, 3.63) is 40.6 Å². The van der Waals surface area contributed by atoms with E-state index in [9.17, 15) is 9.90 Å². The summed E-state index contributed by atoms with van der Waals surface area (Å²) in [5.41, 5.74) is 2.39. The van der Waals surface area contributed by atoms with Gasteiger partial charge in [-0.25, -0.2) is 0 Å². The number of piperazine rings is 1. The first-order chi connectivity index (χ1) is 12.5. The van der Waals surface area contributed by atoms with Crippen molar-refractivity contribution < 1.29 is 9.84 Å². The van der Waals surface area contributed by atoms with E-state index >= 15 is 0 Å². The molecule has 1 saturated heterocycles. The monoisotopic (exact) mass is 353 g/mol. The molecular weight excluding hydrogens is 330 g/mol. The molecule has 3 aromatic rings. The van der Waals surface area contributed by atoms with Gasteiger partial charge < -0.3 is 24.2 Å². The number of fused-ring (bicyclic) bond motifs is 2. The third-order valence-corrected chi connectivity index (χ3v) is 5.36. The van der Waals surface area contributed by atoms with E-state index in [1.54, 1.807) is 13.2 Å². The third kappa shape index (κ3) is 2.49. The van der Waals surface area contributed by atoms with Crippen LogP contribution in [-0.2, 0) is 7.05 Å². The number of phenolic OH excluding ortho intramolecular Hbond substituents is 1. The number of nitrogens with zero attached hydrogens (tertiary/aromatic N) is 3. The minimum atomic E-state index is -0.172. The molecule has 2 aromatic carbocycles. The number of rotatable bonds is 2. The Kier molecular flexibility index (Phi) is 4.00. The second-order valence-corrected chi connectivity index (χ2v) is 6.89. The maximum absolute atomic E-state index is 13.0. The number of aromatic hydroxyl groups is 1. The molecule has 0 bridgehead atoms. The molecule has 1 aliphatic heterocycles. The highest BCUT2D eigenvalue weighted by Gasteiger charge is 2.19. The fraction of sp³-hybridized carbons (Fsp3) is 0.350. The summed E-state index contributed by atoms with van der Waals surface area (Å²) < 4.78 is 7.37. The molecule has 6 nitrogen and oxygen atoms in total. The van der Waals surface area contributed by atoms with Gasteiger partial charge in [0.25, 0.3) is 0 Å². The van der Waals surface area contributed by atoms with Gasteiger partial charge in [0, 0.05) is 44.3 Å². The summed E-state index contributed by atoms with van der Waals surface area (Å²) >= 11 is 0. The highest BCUT2D eigenvalue weighted by molar-refractivity contribution is 6.00. The number of aryl methyl sites for hydroxylation is 1. The molecule has 0 unspecified atom stereocenters. The lowest BCUT2D eigenvalue weighted by atomic mass is 10.1. The number of ether oxygens (including phenoxy) is 1. The van der Waals surface area contributed by atoms with Crippen LogP contribution in [0.1, 0.15) is 0 Å². The van der Waals surface area contributed by atoms with Crippen molar-refractivity contribution in [2.24, 2.45) is 7.05 Å². The van der Waals surface area contributed by atoms with E-state index in [1.165, 1.54) is 6.07 Å². The molecule has 0 amide bonds. The van der Waals surface area contributed by atoms with Gasteiger partial charge in [-0.05, 0) is 37.4 Å². The molecule has 136 valence electrons. The zero-order valence-corrected chi connectivity index (χ0v) is 15.3. The predicted octanol–water partition coefficient (Wildman–Crippen LogP) is 2.16. The van der Waals surface area contributed by atoms with Crippen LogP contribution in [-0.4, -0.2) is 54.9 Å². The number of aromatic nitrogens is 1. The van der Waals surface area contributed by atoms with Gasteiger partial charge in [-0.2, -0.15) is 0 Å². The largest absolute Gasteiger partial charge is 0.507 e. The Bertz CT molecular complexity index is 1050. The van der Waals surface area contributed by atoms with Crippen LogP contribution < -0.4 is 15.1 Å². The number of hydrogen-bond acceptors (Lipinski definition) is 5. The average Bonchev–Trinajstić information content (AvgIpc) is 2.66. The number of anilines is 1. The Morgan fingerprint density at radius 2 is 1.77 bits per heavy atom. The van der Waals surface area contributed by atoms with E-state index in [4.69, 9.17) is 4.74 Å². The highest BCUT2D eigenvalue weighted by Crippen LogP contribution is 2.33. The summed E-state index contributed by atoms with van der Waals surface area (Å²) in [5, 5.41) is 11.2. The zero-order valence-electron chi connectivity index (χ0n) is 15.3. The molecule has 0 atom stereocenters. The van der Waals surface area contributed by atoms with Crippen LogP contribution in [0.15, 0.2) is 35.1 Å². The van der Waals surface area contributed by atoms with Crippen molar-refractivity contribution in [1.29, 1.82) is 0 Å². The quantitative estimate of drug-likeness (QED) is 0.716. The molecule has 1 N–H and O–H groups in total. The van der Waals surface area contributed by atoms with E-state index in [0.29, 0.717) is 22.0 Å². The second-order valence-electron chi connectivity index (χ2n) is 6.89. The minimum absolute atomic E-state index is 0.0218. The smallest absolute Gasteiger partial charge is 0.201 e. The summed E-state index contributed by atoms with van der Waals surface area (Å²) in [6.45, 7) is 3.98. The molecule has 0 radical (unpaired) electrons. The van der Waals surface area contributed by atoms with Crippen LogP contribution >= 0.6 is 0 Å². The van der Waals surface area contributed by atoms with Gasteiger partial charge in [0.1, 0.15) is 11.5 Å². The first-order valence-electron chi connectivity index (χ1n) is 8.77. The fourth-order valence-electron chi connectivity index (χ4n) is 3.79. The molecule has 0 spiro atoms. The van der Waals surface area contributed by atoms with E-state index in [1.807, 2.05) is 23.7 Å². The van der Waals surface area contributed by atoms with Crippen LogP contribution in [0.25, 0.3) is 21.8 Å². The summed E-state index contributed by atoms with van der Waals surface area (Å²) in [4.78, 5) is 17.7. The van der Waals surface area contributed by atoms with Crippen molar-refractivity contribution in [1.82, 2.24) is 9.47 Å². The second kappa shape index (κ2) is 6.21. The lowest BCUT2D eigenvalue weighted by Gasteiger charge is -2.34. The van der Waals surface area contributed by atoms with Crippen molar-refractivity contribution in [2.75, 3.05) is 45.2 Å². The average molecular weight is 353 g/mol.